The van der Waals surface area contributed by atoms with Gasteiger partial charge in [0.25, 0.3) is 5.91 Å². The van der Waals surface area contributed by atoms with Crippen molar-refractivity contribution >= 4 is 44.6 Å². The molecule has 180 valence electrons. The Hall–Kier alpha value is -2.89. The van der Waals surface area contributed by atoms with Crippen molar-refractivity contribution in [3.63, 3.8) is 0 Å². The van der Waals surface area contributed by atoms with E-state index in [4.69, 9.17) is 17.3 Å². The SMILES string of the molecule is CC1CCC(N(Cc2cc(-c3cccc(N)c3)ccc2F)C(=O)c2sc3ccccc3c2Cl)CC1. The first-order valence-corrected chi connectivity index (χ1v) is 13.2. The highest BCUT2D eigenvalue weighted by atomic mass is 35.5. The topological polar surface area (TPSA) is 46.3 Å². The van der Waals surface area contributed by atoms with Crippen molar-refractivity contribution in [2.45, 2.75) is 45.2 Å². The van der Waals surface area contributed by atoms with Gasteiger partial charge in [-0.3, -0.25) is 4.79 Å². The van der Waals surface area contributed by atoms with E-state index in [1.807, 2.05) is 59.5 Å². The summed E-state index contributed by atoms with van der Waals surface area (Å²) in [5.74, 6) is 0.200. The normalized spacial score (nSPS) is 18.0. The Balaban J connectivity index is 1.52. The fourth-order valence-electron chi connectivity index (χ4n) is 4.98. The number of hydrogen-bond acceptors (Lipinski definition) is 3. The Labute approximate surface area is 214 Å². The first-order chi connectivity index (χ1) is 16.9. The first kappa shape index (κ1) is 23.8. The first-order valence-electron chi connectivity index (χ1n) is 12.0. The van der Waals surface area contributed by atoms with Crippen LogP contribution in [0.3, 0.4) is 0 Å². The maximum absolute atomic E-state index is 15.1. The highest BCUT2D eigenvalue weighted by Gasteiger charge is 2.31. The van der Waals surface area contributed by atoms with Gasteiger partial charge in [-0.05, 0) is 73.1 Å². The molecule has 1 fully saturated rings. The average molecular weight is 507 g/mol. The Bertz CT molecular complexity index is 1380. The van der Waals surface area contributed by atoms with Crippen LogP contribution in [-0.4, -0.2) is 16.8 Å². The second-order valence-electron chi connectivity index (χ2n) is 9.52. The molecular formula is C29H28ClFN2OS. The Morgan fingerprint density at radius 1 is 1.03 bits per heavy atom. The molecule has 1 amide bonds. The van der Waals surface area contributed by atoms with Gasteiger partial charge in [-0.25, -0.2) is 4.39 Å². The smallest absolute Gasteiger partial charge is 0.266 e. The second-order valence-corrected chi connectivity index (χ2v) is 10.9. The van der Waals surface area contributed by atoms with E-state index in [-0.39, 0.29) is 24.3 Å². The summed E-state index contributed by atoms with van der Waals surface area (Å²) in [5.41, 5.74) is 8.91. The van der Waals surface area contributed by atoms with Crippen molar-refractivity contribution in [3.05, 3.63) is 88.0 Å². The van der Waals surface area contributed by atoms with Crippen LogP contribution in [0.1, 0.15) is 47.8 Å². The fourth-order valence-corrected chi connectivity index (χ4v) is 6.45. The number of nitrogen functional groups attached to an aromatic ring is 1. The highest BCUT2D eigenvalue weighted by molar-refractivity contribution is 7.21. The third-order valence-electron chi connectivity index (χ3n) is 7.02. The summed E-state index contributed by atoms with van der Waals surface area (Å²) >= 11 is 8.10. The lowest BCUT2D eigenvalue weighted by molar-refractivity contribution is 0.0596. The van der Waals surface area contributed by atoms with Crippen molar-refractivity contribution in [3.8, 4) is 11.1 Å². The van der Waals surface area contributed by atoms with Gasteiger partial charge in [0.2, 0.25) is 0 Å². The number of anilines is 1. The van der Waals surface area contributed by atoms with E-state index < -0.39 is 0 Å². The Kier molecular flexibility index (Phi) is 6.81. The van der Waals surface area contributed by atoms with Crippen LogP contribution in [0.4, 0.5) is 10.1 Å². The number of amides is 1. The zero-order valence-corrected chi connectivity index (χ0v) is 21.2. The van der Waals surface area contributed by atoms with Crippen LogP contribution in [0.2, 0.25) is 5.02 Å². The van der Waals surface area contributed by atoms with E-state index in [0.717, 1.165) is 46.9 Å². The van der Waals surface area contributed by atoms with Crippen molar-refractivity contribution in [2.75, 3.05) is 5.73 Å². The number of carbonyl (C=O) groups excluding carboxylic acids is 1. The molecule has 1 aromatic heterocycles. The zero-order chi connectivity index (χ0) is 24.5. The third kappa shape index (κ3) is 4.93. The predicted molar refractivity (Wildman–Crippen MR) is 144 cm³/mol. The molecule has 1 heterocycles. The summed E-state index contributed by atoms with van der Waals surface area (Å²) in [6, 6.07) is 20.4. The molecule has 0 aliphatic heterocycles. The van der Waals surface area contributed by atoms with Crippen LogP contribution < -0.4 is 5.73 Å². The van der Waals surface area contributed by atoms with E-state index in [1.165, 1.54) is 17.4 Å². The molecule has 4 aromatic rings. The summed E-state index contributed by atoms with van der Waals surface area (Å²) in [7, 11) is 0. The molecule has 2 N–H and O–H groups in total. The van der Waals surface area contributed by atoms with Gasteiger partial charge < -0.3 is 10.6 Å². The molecule has 0 spiro atoms. The fraction of sp³-hybridized carbons (Fsp3) is 0.276. The minimum absolute atomic E-state index is 0.0513. The van der Waals surface area contributed by atoms with E-state index in [9.17, 15) is 4.79 Å². The van der Waals surface area contributed by atoms with Crippen LogP contribution in [0.5, 0.6) is 0 Å². The second kappa shape index (κ2) is 10.00. The molecule has 3 aromatic carbocycles. The van der Waals surface area contributed by atoms with Crippen LogP contribution in [0, 0.1) is 11.7 Å². The van der Waals surface area contributed by atoms with Gasteiger partial charge in [-0.1, -0.05) is 54.9 Å². The van der Waals surface area contributed by atoms with Gasteiger partial charge in [-0.15, -0.1) is 11.3 Å². The monoisotopic (exact) mass is 506 g/mol. The van der Waals surface area contributed by atoms with Gasteiger partial charge in [0.1, 0.15) is 10.7 Å². The van der Waals surface area contributed by atoms with Crippen LogP contribution in [0.15, 0.2) is 66.7 Å². The number of nitrogens with zero attached hydrogens (tertiary/aromatic N) is 1. The molecule has 0 radical (unpaired) electrons. The van der Waals surface area contributed by atoms with Gasteiger partial charge >= 0.3 is 0 Å². The quantitative estimate of drug-likeness (QED) is 0.277. The molecule has 0 bridgehead atoms. The summed E-state index contributed by atoms with van der Waals surface area (Å²) in [4.78, 5) is 16.3. The molecule has 1 aliphatic carbocycles. The number of hydrogen-bond donors (Lipinski definition) is 1. The number of carbonyl (C=O) groups is 1. The largest absolute Gasteiger partial charge is 0.399 e. The predicted octanol–water partition coefficient (Wildman–Crippen LogP) is 8.16. The molecule has 0 unspecified atom stereocenters. The molecule has 5 rings (SSSR count). The van der Waals surface area contributed by atoms with Gasteiger partial charge in [0, 0.05) is 33.9 Å². The Morgan fingerprint density at radius 3 is 2.51 bits per heavy atom. The third-order valence-corrected chi connectivity index (χ3v) is 8.69. The van der Waals surface area contributed by atoms with Crippen LogP contribution >= 0.6 is 22.9 Å². The number of rotatable bonds is 5. The molecule has 0 atom stereocenters. The summed E-state index contributed by atoms with van der Waals surface area (Å²) in [6.45, 7) is 2.45. The van der Waals surface area contributed by atoms with Crippen molar-refractivity contribution in [1.29, 1.82) is 0 Å². The lowest BCUT2D eigenvalue weighted by Crippen LogP contribution is -2.41. The molecule has 6 heteroatoms. The maximum atomic E-state index is 15.1. The van der Waals surface area contributed by atoms with E-state index in [2.05, 4.69) is 6.92 Å². The van der Waals surface area contributed by atoms with E-state index in [0.29, 0.717) is 27.1 Å². The van der Waals surface area contributed by atoms with Gasteiger partial charge in [0.05, 0.1) is 5.02 Å². The summed E-state index contributed by atoms with van der Waals surface area (Å²) in [6.07, 6.45) is 3.93. The number of nitrogens with two attached hydrogens (primary N) is 1. The van der Waals surface area contributed by atoms with E-state index >= 15 is 4.39 Å². The van der Waals surface area contributed by atoms with Crippen LogP contribution in [0.25, 0.3) is 21.2 Å². The van der Waals surface area contributed by atoms with Crippen molar-refractivity contribution in [1.82, 2.24) is 4.90 Å². The minimum atomic E-state index is -0.318. The highest BCUT2D eigenvalue weighted by Crippen LogP contribution is 2.38. The molecule has 0 saturated heterocycles. The number of fused-ring (bicyclic) bond motifs is 1. The summed E-state index contributed by atoms with van der Waals surface area (Å²) < 4.78 is 16.1. The summed E-state index contributed by atoms with van der Waals surface area (Å²) in [5, 5.41) is 1.37. The maximum Gasteiger partial charge on any atom is 0.266 e. The molecular weight excluding hydrogens is 479 g/mol. The minimum Gasteiger partial charge on any atom is -0.399 e. The average Bonchev–Trinajstić information content (AvgIpc) is 3.20. The van der Waals surface area contributed by atoms with Crippen molar-refractivity contribution in [2.24, 2.45) is 5.92 Å². The number of benzene rings is 3. The standard InChI is InChI=1S/C29H28ClFN2OS/c1-18-9-12-23(13-10-18)33(29(34)28-27(30)24-7-2-3-8-26(24)35-28)17-21-15-20(11-14-25(21)31)19-5-4-6-22(32)16-19/h2-8,11,14-16,18,23H,9-10,12-13,17,32H2,1H3. The van der Waals surface area contributed by atoms with Gasteiger partial charge in [0.15, 0.2) is 0 Å². The van der Waals surface area contributed by atoms with E-state index in [1.54, 1.807) is 6.07 Å². The molecule has 1 aliphatic rings. The lowest BCUT2D eigenvalue weighted by atomic mass is 9.86. The molecule has 35 heavy (non-hydrogen) atoms. The molecule has 1 saturated carbocycles. The van der Waals surface area contributed by atoms with Crippen LogP contribution in [-0.2, 0) is 6.54 Å². The number of thiophene rings is 1. The lowest BCUT2D eigenvalue weighted by Gasteiger charge is -2.36. The Morgan fingerprint density at radius 2 is 1.77 bits per heavy atom. The zero-order valence-electron chi connectivity index (χ0n) is 19.6. The number of halogens is 2. The van der Waals surface area contributed by atoms with Crippen molar-refractivity contribution < 1.29 is 9.18 Å². The molecule has 3 nitrogen and oxygen atoms in total. The van der Waals surface area contributed by atoms with Gasteiger partial charge in [-0.2, -0.15) is 0 Å².